The van der Waals surface area contributed by atoms with E-state index in [-0.39, 0.29) is 11.8 Å². The van der Waals surface area contributed by atoms with Gasteiger partial charge >= 0.3 is 0 Å². The van der Waals surface area contributed by atoms with Gasteiger partial charge in [0.1, 0.15) is 5.75 Å². The van der Waals surface area contributed by atoms with Crippen molar-refractivity contribution in [2.45, 2.75) is 12.8 Å². The van der Waals surface area contributed by atoms with Crippen molar-refractivity contribution in [3.8, 4) is 5.75 Å². The summed E-state index contributed by atoms with van der Waals surface area (Å²) in [4.78, 5) is 11.7. The van der Waals surface area contributed by atoms with E-state index in [1.165, 1.54) is 0 Å². The molecule has 4 nitrogen and oxygen atoms in total. The summed E-state index contributed by atoms with van der Waals surface area (Å²) in [5.74, 6) is 0.883. The monoisotopic (exact) mass is 220 g/mol. The third-order valence-electron chi connectivity index (χ3n) is 2.92. The third-order valence-corrected chi connectivity index (χ3v) is 2.92. The Balaban J connectivity index is 2.25. The Morgan fingerprint density at radius 3 is 3.06 bits per heavy atom. The molecule has 1 atom stereocenters. The second-order valence-corrected chi connectivity index (χ2v) is 3.99. The van der Waals surface area contributed by atoms with Crippen LogP contribution in [0.15, 0.2) is 18.2 Å². The van der Waals surface area contributed by atoms with Crippen molar-refractivity contribution in [1.29, 1.82) is 0 Å². The van der Waals surface area contributed by atoms with Gasteiger partial charge in [-0.2, -0.15) is 0 Å². The molecular formula is C12H16N2O2. The van der Waals surface area contributed by atoms with E-state index in [2.05, 4.69) is 5.32 Å². The van der Waals surface area contributed by atoms with Crippen LogP contribution in [0.1, 0.15) is 12.0 Å². The van der Waals surface area contributed by atoms with Crippen LogP contribution >= 0.6 is 0 Å². The Bertz CT molecular complexity index is 404. The van der Waals surface area contributed by atoms with Crippen LogP contribution in [0.25, 0.3) is 0 Å². The molecule has 1 aromatic rings. The molecule has 0 spiro atoms. The fraction of sp³-hybridized carbons (Fsp3) is 0.417. The SMILES string of the molecule is COc1ccc2c(c1)CC(CCN)C(=O)N2. The summed E-state index contributed by atoms with van der Waals surface area (Å²) in [6, 6.07) is 5.70. The number of hydrogen-bond donors (Lipinski definition) is 2. The average molecular weight is 220 g/mol. The summed E-state index contributed by atoms with van der Waals surface area (Å²) in [5, 5.41) is 2.90. The lowest BCUT2D eigenvalue weighted by atomic mass is 9.90. The highest BCUT2D eigenvalue weighted by Crippen LogP contribution is 2.29. The largest absolute Gasteiger partial charge is 0.497 e. The fourth-order valence-corrected chi connectivity index (χ4v) is 2.02. The highest BCUT2D eigenvalue weighted by molar-refractivity contribution is 5.95. The van der Waals surface area contributed by atoms with Gasteiger partial charge < -0.3 is 15.8 Å². The standard InChI is InChI=1S/C12H16N2O2/c1-16-10-2-3-11-9(7-10)6-8(4-5-13)12(15)14-11/h2-3,7-8H,4-6,13H2,1H3,(H,14,15). The predicted molar refractivity (Wildman–Crippen MR) is 62.5 cm³/mol. The molecule has 1 unspecified atom stereocenters. The van der Waals surface area contributed by atoms with E-state index in [0.717, 1.165) is 29.8 Å². The highest BCUT2D eigenvalue weighted by atomic mass is 16.5. The second kappa shape index (κ2) is 4.53. The smallest absolute Gasteiger partial charge is 0.227 e. The highest BCUT2D eigenvalue weighted by Gasteiger charge is 2.25. The van der Waals surface area contributed by atoms with Crippen molar-refractivity contribution >= 4 is 11.6 Å². The lowest BCUT2D eigenvalue weighted by Crippen LogP contribution is -2.31. The number of nitrogens with two attached hydrogens (primary N) is 1. The number of carbonyl (C=O) groups excluding carboxylic acids is 1. The van der Waals surface area contributed by atoms with Crippen LogP contribution in [0.3, 0.4) is 0 Å². The molecule has 0 bridgehead atoms. The normalized spacial score (nSPS) is 18.9. The van der Waals surface area contributed by atoms with Crippen LogP contribution in [0.2, 0.25) is 0 Å². The third kappa shape index (κ3) is 2.02. The Morgan fingerprint density at radius 2 is 2.38 bits per heavy atom. The summed E-state index contributed by atoms with van der Waals surface area (Å²) in [6.07, 6.45) is 1.47. The molecule has 16 heavy (non-hydrogen) atoms. The van der Waals surface area contributed by atoms with Gasteiger partial charge in [-0.25, -0.2) is 0 Å². The number of carbonyl (C=O) groups is 1. The summed E-state index contributed by atoms with van der Waals surface area (Å²) in [7, 11) is 1.64. The molecule has 4 heteroatoms. The number of anilines is 1. The number of methoxy groups -OCH3 is 1. The Kier molecular flexibility index (Phi) is 3.10. The van der Waals surface area contributed by atoms with Gasteiger partial charge in [0.05, 0.1) is 7.11 Å². The topological polar surface area (TPSA) is 64.3 Å². The van der Waals surface area contributed by atoms with Gasteiger partial charge in [-0.05, 0) is 43.1 Å². The van der Waals surface area contributed by atoms with E-state index in [1.54, 1.807) is 7.11 Å². The minimum absolute atomic E-state index is 0.00962. The molecule has 3 N–H and O–H groups in total. The number of hydrogen-bond acceptors (Lipinski definition) is 3. The first-order valence-corrected chi connectivity index (χ1v) is 5.42. The molecule has 0 aromatic heterocycles. The van der Waals surface area contributed by atoms with Gasteiger partial charge in [0.15, 0.2) is 0 Å². The second-order valence-electron chi connectivity index (χ2n) is 3.99. The van der Waals surface area contributed by atoms with E-state index in [9.17, 15) is 4.79 Å². The maximum absolute atomic E-state index is 11.7. The summed E-state index contributed by atoms with van der Waals surface area (Å²) < 4.78 is 5.16. The zero-order valence-corrected chi connectivity index (χ0v) is 9.32. The number of nitrogens with one attached hydrogen (secondary N) is 1. The predicted octanol–water partition coefficient (Wildman–Crippen LogP) is 1.15. The molecule has 0 saturated heterocycles. The Hall–Kier alpha value is -1.55. The lowest BCUT2D eigenvalue weighted by Gasteiger charge is -2.24. The zero-order valence-electron chi connectivity index (χ0n) is 9.32. The van der Waals surface area contributed by atoms with Gasteiger partial charge in [-0.15, -0.1) is 0 Å². The molecule has 0 saturated carbocycles. The molecule has 1 amide bonds. The van der Waals surface area contributed by atoms with E-state index in [4.69, 9.17) is 10.5 Å². The van der Waals surface area contributed by atoms with Crippen LogP contribution in [-0.4, -0.2) is 19.6 Å². The van der Waals surface area contributed by atoms with Crippen molar-refractivity contribution < 1.29 is 9.53 Å². The van der Waals surface area contributed by atoms with Crippen molar-refractivity contribution in [2.75, 3.05) is 19.0 Å². The quantitative estimate of drug-likeness (QED) is 0.803. The van der Waals surface area contributed by atoms with Gasteiger partial charge in [-0.1, -0.05) is 0 Å². The Morgan fingerprint density at radius 1 is 1.56 bits per heavy atom. The summed E-state index contributed by atoms with van der Waals surface area (Å²) in [6.45, 7) is 0.539. The van der Waals surface area contributed by atoms with Gasteiger partial charge in [0.2, 0.25) is 5.91 Å². The van der Waals surface area contributed by atoms with Crippen molar-refractivity contribution in [3.63, 3.8) is 0 Å². The summed E-state index contributed by atoms with van der Waals surface area (Å²) >= 11 is 0. The molecule has 1 aromatic carbocycles. The number of amides is 1. The molecule has 0 fully saturated rings. The Labute approximate surface area is 94.8 Å². The number of fused-ring (bicyclic) bond motifs is 1. The molecule has 0 radical (unpaired) electrons. The minimum Gasteiger partial charge on any atom is -0.497 e. The molecule has 1 aliphatic rings. The molecule has 86 valence electrons. The number of ether oxygens (including phenoxy) is 1. The summed E-state index contributed by atoms with van der Waals surface area (Å²) in [5.41, 5.74) is 7.50. The van der Waals surface area contributed by atoms with E-state index in [1.807, 2.05) is 18.2 Å². The average Bonchev–Trinajstić information content (AvgIpc) is 2.30. The first-order chi connectivity index (χ1) is 7.74. The maximum Gasteiger partial charge on any atom is 0.227 e. The first kappa shape index (κ1) is 11.0. The maximum atomic E-state index is 11.7. The van der Waals surface area contributed by atoms with Gasteiger partial charge in [0, 0.05) is 11.6 Å². The van der Waals surface area contributed by atoms with Crippen LogP contribution in [-0.2, 0) is 11.2 Å². The van der Waals surface area contributed by atoms with E-state index >= 15 is 0 Å². The van der Waals surface area contributed by atoms with Crippen molar-refractivity contribution in [1.82, 2.24) is 0 Å². The fourth-order valence-electron chi connectivity index (χ4n) is 2.02. The number of rotatable bonds is 3. The van der Waals surface area contributed by atoms with E-state index in [0.29, 0.717) is 6.54 Å². The molecular weight excluding hydrogens is 204 g/mol. The van der Waals surface area contributed by atoms with Crippen molar-refractivity contribution in [2.24, 2.45) is 11.7 Å². The van der Waals surface area contributed by atoms with Crippen molar-refractivity contribution in [3.05, 3.63) is 23.8 Å². The van der Waals surface area contributed by atoms with Gasteiger partial charge in [-0.3, -0.25) is 4.79 Å². The molecule has 0 aliphatic carbocycles. The van der Waals surface area contributed by atoms with Gasteiger partial charge in [0.25, 0.3) is 0 Å². The van der Waals surface area contributed by atoms with Crippen LogP contribution in [0.4, 0.5) is 5.69 Å². The first-order valence-electron chi connectivity index (χ1n) is 5.42. The molecule has 1 heterocycles. The molecule has 2 rings (SSSR count). The number of benzene rings is 1. The van der Waals surface area contributed by atoms with Crippen LogP contribution < -0.4 is 15.8 Å². The lowest BCUT2D eigenvalue weighted by molar-refractivity contribution is -0.120. The van der Waals surface area contributed by atoms with E-state index < -0.39 is 0 Å². The minimum atomic E-state index is -0.00962. The van der Waals surface area contributed by atoms with Crippen LogP contribution in [0.5, 0.6) is 5.75 Å². The molecule has 1 aliphatic heterocycles. The zero-order chi connectivity index (χ0) is 11.5. The van der Waals surface area contributed by atoms with Crippen LogP contribution in [0, 0.1) is 5.92 Å².